The van der Waals surface area contributed by atoms with Crippen molar-refractivity contribution in [2.75, 3.05) is 11.1 Å². The number of anilines is 2. The summed E-state index contributed by atoms with van der Waals surface area (Å²) >= 11 is 11.9. The Labute approximate surface area is 129 Å². The number of aromatic nitrogens is 1. The van der Waals surface area contributed by atoms with Crippen LogP contribution in [0.5, 0.6) is 0 Å². The van der Waals surface area contributed by atoms with Gasteiger partial charge in [-0.3, -0.25) is 0 Å². The Hall–Kier alpha value is -1.45. The van der Waals surface area contributed by atoms with Crippen LogP contribution in [0.25, 0.3) is 0 Å². The van der Waals surface area contributed by atoms with E-state index < -0.39 is 0 Å². The molecule has 1 heterocycles. The largest absolute Gasteiger partial charge is 0.382 e. The van der Waals surface area contributed by atoms with Gasteiger partial charge in [-0.1, -0.05) is 61.3 Å². The first-order chi connectivity index (χ1) is 9.47. The molecule has 0 aliphatic carbocycles. The van der Waals surface area contributed by atoms with Crippen LogP contribution < -0.4 is 11.1 Å². The highest BCUT2D eigenvalue weighted by Gasteiger charge is 2.07. The summed E-state index contributed by atoms with van der Waals surface area (Å²) in [5.74, 6) is 1.35. The van der Waals surface area contributed by atoms with Gasteiger partial charge in [-0.15, -0.1) is 0 Å². The molecule has 3 nitrogen and oxygen atoms in total. The Morgan fingerprint density at radius 1 is 1.15 bits per heavy atom. The van der Waals surface area contributed by atoms with E-state index in [0.29, 0.717) is 28.3 Å². The molecule has 0 amide bonds. The van der Waals surface area contributed by atoms with E-state index in [2.05, 4.69) is 48.4 Å². The fraction of sp³-hybridized carbons (Fsp3) is 0.267. The van der Waals surface area contributed by atoms with E-state index in [-0.39, 0.29) is 5.82 Å². The van der Waals surface area contributed by atoms with Crippen LogP contribution >= 0.6 is 23.2 Å². The Morgan fingerprint density at radius 2 is 1.80 bits per heavy atom. The van der Waals surface area contributed by atoms with Crippen LogP contribution in [0.3, 0.4) is 0 Å². The lowest BCUT2D eigenvalue weighted by Gasteiger charge is -2.10. The molecule has 0 spiro atoms. The summed E-state index contributed by atoms with van der Waals surface area (Å²) in [4.78, 5) is 4.14. The molecule has 2 aromatic rings. The first-order valence-corrected chi connectivity index (χ1v) is 7.17. The van der Waals surface area contributed by atoms with E-state index >= 15 is 0 Å². The third-order valence-corrected chi connectivity index (χ3v) is 3.65. The summed E-state index contributed by atoms with van der Waals surface area (Å²) in [6, 6.07) is 10.0. The maximum Gasteiger partial charge on any atom is 0.147 e. The minimum absolute atomic E-state index is 0.272. The van der Waals surface area contributed by atoms with Crippen molar-refractivity contribution in [2.45, 2.75) is 26.3 Å². The lowest BCUT2D eigenvalue weighted by molar-refractivity contribution is 0.865. The van der Waals surface area contributed by atoms with Crippen molar-refractivity contribution in [1.82, 2.24) is 4.98 Å². The normalized spacial score (nSPS) is 10.8. The highest BCUT2D eigenvalue weighted by molar-refractivity contribution is 6.37. The topological polar surface area (TPSA) is 50.9 Å². The van der Waals surface area contributed by atoms with Crippen molar-refractivity contribution >= 4 is 34.8 Å². The SMILES string of the molecule is CC(C)c1ccc(CNc2nc(N)c(Cl)cc2Cl)cc1. The lowest BCUT2D eigenvalue weighted by Crippen LogP contribution is -2.04. The average molecular weight is 310 g/mol. The fourth-order valence-electron chi connectivity index (χ4n) is 1.81. The van der Waals surface area contributed by atoms with Crippen LogP contribution in [0.15, 0.2) is 30.3 Å². The molecular weight excluding hydrogens is 293 g/mol. The Balaban J connectivity index is 2.07. The molecule has 0 aliphatic heterocycles. The van der Waals surface area contributed by atoms with E-state index in [1.54, 1.807) is 6.07 Å². The second-order valence-corrected chi connectivity index (χ2v) is 5.75. The van der Waals surface area contributed by atoms with Crippen molar-refractivity contribution < 1.29 is 0 Å². The van der Waals surface area contributed by atoms with E-state index in [4.69, 9.17) is 28.9 Å². The molecule has 0 aliphatic rings. The molecule has 0 saturated carbocycles. The molecule has 2 rings (SSSR count). The molecule has 20 heavy (non-hydrogen) atoms. The summed E-state index contributed by atoms with van der Waals surface area (Å²) < 4.78 is 0. The van der Waals surface area contributed by atoms with Gasteiger partial charge >= 0.3 is 0 Å². The zero-order chi connectivity index (χ0) is 14.7. The summed E-state index contributed by atoms with van der Waals surface area (Å²) in [5, 5.41) is 3.99. The maximum atomic E-state index is 6.07. The number of halogens is 2. The monoisotopic (exact) mass is 309 g/mol. The van der Waals surface area contributed by atoms with Crippen LogP contribution in [-0.2, 0) is 6.54 Å². The van der Waals surface area contributed by atoms with E-state index in [1.807, 2.05) is 0 Å². The molecule has 1 aromatic heterocycles. The minimum Gasteiger partial charge on any atom is -0.382 e. The fourth-order valence-corrected chi connectivity index (χ4v) is 2.24. The molecule has 5 heteroatoms. The number of hydrogen-bond acceptors (Lipinski definition) is 3. The summed E-state index contributed by atoms with van der Waals surface area (Å²) in [5.41, 5.74) is 8.14. The van der Waals surface area contributed by atoms with Gasteiger partial charge in [-0.2, -0.15) is 0 Å². The van der Waals surface area contributed by atoms with Gasteiger partial charge in [0.05, 0.1) is 10.0 Å². The van der Waals surface area contributed by atoms with Gasteiger partial charge in [0.15, 0.2) is 0 Å². The molecule has 0 atom stereocenters. The summed E-state index contributed by atoms with van der Waals surface area (Å²) in [6.07, 6.45) is 0. The minimum atomic E-state index is 0.272. The summed E-state index contributed by atoms with van der Waals surface area (Å²) in [6.45, 7) is 4.98. The number of nitrogens with zero attached hydrogens (tertiary/aromatic N) is 1. The van der Waals surface area contributed by atoms with Crippen molar-refractivity contribution in [2.24, 2.45) is 0 Å². The predicted molar refractivity (Wildman–Crippen MR) is 86.5 cm³/mol. The van der Waals surface area contributed by atoms with Crippen molar-refractivity contribution in [3.05, 3.63) is 51.5 Å². The molecule has 106 valence electrons. The number of pyridine rings is 1. The number of benzene rings is 1. The molecule has 0 saturated heterocycles. The van der Waals surface area contributed by atoms with Gasteiger partial charge in [0.2, 0.25) is 0 Å². The number of rotatable bonds is 4. The lowest BCUT2D eigenvalue weighted by atomic mass is 10.0. The van der Waals surface area contributed by atoms with Crippen molar-refractivity contribution in [1.29, 1.82) is 0 Å². The maximum absolute atomic E-state index is 6.07. The highest BCUT2D eigenvalue weighted by Crippen LogP contribution is 2.27. The third-order valence-electron chi connectivity index (χ3n) is 3.06. The standard InChI is InChI=1S/C15H17Cl2N3/c1-9(2)11-5-3-10(4-6-11)8-19-15-13(17)7-12(16)14(18)20-15/h3-7,9H,8H2,1-2H3,(H3,18,19,20). The Kier molecular flexibility index (Phi) is 4.73. The first kappa shape index (κ1) is 14.9. The predicted octanol–water partition coefficient (Wildman–Crippen LogP) is 4.71. The van der Waals surface area contributed by atoms with E-state index in [0.717, 1.165) is 5.56 Å². The molecular formula is C15H17Cl2N3. The molecule has 3 N–H and O–H groups in total. The second kappa shape index (κ2) is 6.33. The number of hydrogen-bond donors (Lipinski definition) is 2. The Morgan fingerprint density at radius 3 is 2.40 bits per heavy atom. The number of nitrogens with one attached hydrogen (secondary N) is 1. The van der Waals surface area contributed by atoms with Crippen LogP contribution in [0.4, 0.5) is 11.6 Å². The zero-order valence-electron chi connectivity index (χ0n) is 11.5. The Bertz CT molecular complexity index is 595. The van der Waals surface area contributed by atoms with Gasteiger partial charge in [-0.05, 0) is 23.1 Å². The molecule has 0 bridgehead atoms. The second-order valence-electron chi connectivity index (χ2n) is 4.94. The van der Waals surface area contributed by atoms with Crippen molar-refractivity contribution in [3.8, 4) is 0 Å². The summed E-state index contributed by atoms with van der Waals surface area (Å²) in [7, 11) is 0. The first-order valence-electron chi connectivity index (χ1n) is 6.41. The van der Waals surface area contributed by atoms with Crippen LogP contribution in [0.2, 0.25) is 10.0 Å². The smallest absolute Gasteiger partial charge is 0.147 e. The molecule has 0 fully saturated rings. The van der Waals surface area contributed by atoms with Crippen molar-refractivity contribution in [3.63, 3.8) is 0 Å². The van der Waals surface area contributed by atoms with Crippen LogP contribution in [0, 0.1) is 0 Å². The highest BCUT2D eigenvalue weighted by atomic mass is 35.5. The van der Waals surface area contributed by atoms with Gasteiger partial charge in [0, 0.05) is 6.54 Å². The molecule has 0 radical (unpaired) electrons. The molecule has 0 unspecified atom stereocenters. The van der Waals surface area contributed by atoms with Crippen LogP contribution in [0.1, 0.15) is 30.9 Å². The zero-order valence-corrected chi connectivity index (χ0v) is 13.0. The quantitative estimate of drug-likeness (QED) is 0.860. The van der Waals surface area contributed by atoms with Gasteiger partial charge < -0.3 is 11.1 Å². The van der Waals surface area contributed by atoms with Crippen LogP contribution in [-0.4, -0.2) is 4.98 Å². The number of nitrogen functional groups attached to an aromatic ring is 1. The van der Waals surface area contributed by atoms with E-state index in [9.17, 15) is 0 Å². The average Bonchev–Trinajstić information content (AvgIpc) is 2.42. The van der Waals surface area contributed by atoms with E-state index in [1.165, 1.54) is 5.56 Å². The van der Waals surface area contributed by atoms with Gasteiger partial charge in [0.25, 0.3) is 0 Å². The van der Waals surface area contributed by atoms with Gasteiger partial charge in [-0.25, -0.2) is 4.98 Å². The number of nitrogens with two attached hydrogens (primary N) is 1. The molecule has 1 aromatic carbocycles. The van der Waals surface area contributed by atoms with Gasteiger partial charge in [0.1, 0.15) is 11.6 Å². The third kappa shape index (κ3) is 3.56.